The molecule has 2 aliphatic rings. The first-order chi connectivity index (χ1) is 15.8. The van der Waals surface area contributed by atoms with Gasteiger partial charge < -0.3 is 19.1 Å². The first-order valence-corrected chi connectivity index (χ1v) is 12.2. The molecule has 0 spiro atoms. The summed E-state index contributed by atoms with van der Waals surface area (Å²) in [7, 11) is 1.73. The maximum absolute atomic E-state index is 6.05. The van der Waals surface area contributed by atoms with E-state index in [1.807, 2.05) is 0 Å². The minimum absolute atomic E-state index is 0.219. The monoisotopic (exact) mass is 448 g/mol. The lowest BCUT2D eigenvalue weighted by molar-refractivity contribution is 0.0718. The molecule has 0 saturated heterocycles. The van der Waals surface area contributed by atoms with Crippen molar-refractivity contribution in [3.05, 3.63) is 77.4 Å². The van der Waals surface area contributed by atoms with E-state index >= 15 is 0 Å². The maximum atomic E-state index is 6.05. The Kier molecular flexibility index (Phi) is 6.26. The number of anilines is 2. The molecular weight excluding hydrogens is 420 g/mol. The van der Waals surface area contributed by atoms with Crippen LogP contribution >= 0.6 is 11.8 Å². The molecule has 2 heterocycles. The zero-order valence-corrected chi connectivity index (χ0v) is 19.3. The molecule has 1 unspecified atom stereocenters. The number of benzene rings is 3. The van der Waals surface area contributed by atoms with Crippen LogP contribution in [-0.4, -0.2) is 33.1 Å². The van der Waals surface area contributed by atoms with E-state index in [0.717, 1.165) is 54.6 Å². The van der Waals surface area contributed by atoms with Crippen LogP contribution in [0.15, 0.2) is 65.6 Å². The van der Waals surface area contributed by atoms with Gasteiger partial charge in [0.05, 0.1) is 24.5 Å². The third-order valence-electron chi connectivity index (χ3n) is 6.02. The highest BCUT2D eigenvalue weighted by Gasteiger charge is 2.26. The fourth-order valence-electron chi connectivity index (χ4n) is 4.35. The highest BCUT2D eigenvalue weighted by Crippen LogP contribution is 2.44. The Morgan fingerprint density at radius 1 is 1.03 bits per heavy atom. The predicted octanol–water partition coefficient (Wildman–Crippen LogP) is 5.31. The van der Waals surface area contributed by atoms with Crippen molar-refractivity contribution in [2.45, 2.75) is 24.1 Å². The SMILES string of the molecule is COC(NCc1ccc(SC)cc1)c1ccc2c(c1)OCCN2c1cccc2c1OCC2. The molecule has 0 bridgehead atoms. The van der Waals surface area contributed by atoms with Gasteiger partial charge in [0.2, 0.25) is 0 Å². The number of hydrogen-bond donors (Lipinski definition) is 1. The van der Waals surface area contributed by atoms with Gasteiger partial charge >= 0.3 is 0 Å². The van der Waals surface area contributed by atoms with E-state index in [4.69, 9.17) is 14.2 Å². The molecule has 32 heavy (non-hydrogen) atoms. The smallest absolute Gasteiger partial charge is 0.146 e. The summed E-state index contributed by atoms with van der Waals surface area (Å²) >= 11 is 1.75. The molecule has 0 aromatic heterocycles. The zero-order valence-electron chi connectivity index (χ0n) is 18.5. The Balaban J connectivity index is 1.36. The second kappa shape index (κ2) is 9.45. The van der Waals surface area contributed by atoms with Gasteiger partial charge in [0.25, 0.3) is 0 Å². The van der Waals surface area contributed by atoms with Crippen LogP contribution in [0.5, 0.6) is 11.5 Å². The van der Waals surface area contributed by atoms with Crippen molar-refractivity contribution < 1.29 is 14.2 Å². The second-order valence-electron chi connectivity index (χ2n) is 7.94. The number of methoxy groups -OCH3 is 1. The number of ether oxygens (including phenoxy) is 3. The highest BCUT2D eigenvalue weighted by atomic mass is 32.2. The van der Waals surface area contributed by atoms with Crippen LogP contribution in [0.1, 0.15) is 22.9 Å². The summed E-state index contributed by atoms with van der Waals surface area (Å²) in [6.07, 6.45) is 2.84. The fourth-order valence-corrected chi connectivity index (χ4v) is 4.76. The molecule has 5 rings (SSSR count). The van der Waals surface area contributed by atoms with Crippen LogP contribution in [0.2, 0.25) is 0 Å². The molecule has 0 aliphatic carbocycles. The van der Waals surface area contributed by atoms with E-state index in [9.17, 15) is 0 Å². The van der Waals surface area contributed by atoms with Crippen LogP contribution < -0.4 is 19.7 Å². The Morgan fingerprint density at radius 2 is 1.91 bits per heavy atom. The molecule has 6 heteroatoms. The Labute approximate surface area is 193 Å². The Hall–Kier alpha value is -2.67. The van der Waals surface area contributed by atoms with E-state index in [2.05, 4.69) is 77.1 Å². The Morgan fingerprint density at radius 3 is 2.72 bits per heavy atom. The van der Waals surface area contributed by atoms with E-state index in [1.165, 1.54) is 16.0 Å². The summed E-state index contributed by atoms with van der Waals surface area (Å²) in [5.74, 6) is 1.88. The summed E-state index contributed by atoms with van der Waals surface area (Å²) in [5.41, 5.74) is 5.73. The van der Waals surface area contributed by atoms with Crippen LogP contribution in [0.4, 0.5) is 11.4 Å². The lowest BCUT2D eigenvalue weighted by Gasteiger charge is -2.33. The largest absolute Gasteiger partial charge is 0.491 e. The number of nitrogens with one attached hydrogen (secondary N) is 1. The van der Waals surface area contributed by atoms with Gasteiger partial charge in [-0.25, -0.2) is 0 Å². The van der Waals surface area contributed by atoms with E-state index < -0.39 is 0 Å². The Bertz CT molecular complexity index is 1090. The summed E-state index contributed by atoms with van der Waals surface area (Å²) in [6.45, 7) is 2.91. The molecule has 3 aromatic carbocycles. The summed E-state index contributed by atoms with van der Waals surface area (Å²) < 4.78 is 17.8. The second-order valence-corrected chi connectivity index (χ2v) is 8.82. The molecule has 0 radical (unpaired) electrons. The molecule has 0 fully saturated rings. The zero-order chi connectivity index (χ0) is 21.9. The number of fused-ring (bicyclic) bond motifs is 2. The molecule has 3 aromatic rings. The van der Waals surface area contributed by atoms with Gasteiger partial charge in [-0.05, 0) is 53.3 Å². The summed E-state index contributed by atoms with van der Waals surface area (Å²) in [6, 6.07) is 21.3. The molecular formula is C26H28N2O3S. The van der Waals surface area contributed by atoms with Crippen LogP contribution in [0.25, 0.3) is 0 Å². The van der Waals surface area contributed by atoms with E-state index in [-0.39, 0.29) is 6.23 Å². The number of para-hydroxylation sites is 1. The standard InChI is InChI=1S/C26H28N2O3S/c1-29-26(27-17-18-6-9-21(32-2)10-7-18)20-8-11-22-24(16-20)30-15-13-28(22)23-5-3-4-19-12-14-31-25(19)23/h3-11,16,26-27H,12-15,17H2,1-2H3. The number of nitrogens with zero attached hydrogens (tertiary/aromatic N) is 1. The summed E-state index contributed by atoms with van der Waals surface area (Å²) in [5, 5.41) is 3.50. The molecule has 1 atom stereocenters. The molecule has 1 N–H and O–H groups in total. The first kappa shape index (κ1) is 21.2. The van der Waals surface area contributed by atoms with Crippen LogP contribution in [0, 0.1) is 0 Å². The van der Waals surface area contributed by atoms with Gasteiger partial charge in [-0.1, -0.05) is 30.3 Å². The van der Waals surface area contributed by atoms with Gasteiger partial charge in [-0.2, -0.15) is 0 Å². The minimum Gasteiger partial charge on any atom is -0.491 e. The van der Waals surface area contributed by atoms with Crippen molar-refractivity contribution >= 4 is 23.1 Å². The van der Waals surface area contributed by atoms with Crippen molar-refractivity contribution in [1.82, 2.24) is 5.32 Å². The minimum atomic E-state index is -0.219. The third kappa shape index (κ3) is 4.18. The predicted molar refractivity (Wildman–Crippen MR) is 129 cm³/mol. The van der Waals surface area contributed by atoms with Crippen LogP contribution in [-0.2, 0) is 17.7 Å². The quantitative estimate of drug-likeness (QED) is 0.390. The van der Waals surface area contributed by atoms with Crippen molar-refractivity contribution in [2.75, 3.05) is 38.0 Å². The van der Waals surface area contributed by atoms with Crippen molar-refractivity contribution in [3.8, 4) is 11.5 Å². The fraction of sp³-hybridized carbons (Fsp3) is 0.308. The lowest BCUT2D eigenvalue weighted by atomic mass is 10.1. The number of thioether (sulfide) groups is 1. The van der Waals surface area contributed by atoms with E-state index in [0.29, 0.717) is 6.61 Å². The van der Waals surface area contributed by atoms with Gasteiger partial charge in [-0.15, -0.1) is 11.8 Å². The van der Waals surface area contributed by atoms with Crippen LogP contribution in [0.3, 0.4) is 0 Å². The van der Waals surface area contributed by atoms with Gasteiger partial charge in [0.15, 0.2) is 0 Å². The van der Waals surface area contributed by atoms with Gasteiger partial charge in [0, 0.05) is 25.0 Å². The molecule has 0 amide bonds. The van der Waals surface area contributed by atoms with Gasteiger partial charge in [0.1, 0.15) is 24.3 Å². The molecule has 2 aliphatic heterocycles. The topological polar surface area (TPSA) is 43.0 Å². The average molecular weight is 449 g/mol. The third-order valence-corrected chi connectivity index (χ3v) is 6.76. The highest BCUT2D eigenvalue weighted by molar-refractivity contribution is 7.98. The summed E-state index contributed by atoms with van der Waals surface area (Å²) in [4.78, 5) is 3.57. The number of hydrogen-bond acceptors (Lipinski definition) is 6. The molecule has 0 saturated carbocycles. The normalized spacial score (nSPS) is 15.5. The number of rotatable bonds is 7. The van der Waals surface area contributed by atoms with Crippen molar-refractivity contribution in [1.29, 1.82) is 0 Å². The maximum Gasteiger partial charge on any atom is 0.146 e. The van der Waals surface area contributed by atoms with Gasteiger partial charge in [-0.3, -0.25) is 5.32 Å². The average Bonchev–Trinajstić information content (AvgIpc) is 3.33. The van der Waals surface area contributed by atoms with Crippen molar-refractivity contribution in [3.63, 3.8) is 0 Å². The van der Waals surface area contributed by atoms with E-state index in [1.54, 1.807) is 18.9 Å². The van der Waals surface area contributed by atoms with Crippen molar-refractivity contribution in [2.24, 2.45) is 0 Å². The lowest BCUT2D eigenvalue weighted by Crippen LogP contribution is -2.29. The molecule has 166 valence electrons. The first-order valence-electron chi connectivity index (χ1n) is 10.9. The molecule has 5 nitrogen and oxygen atoms in total.